The number of nitrogens with one attached hydrogen (secondary N) is 1. The highest BCUT2D eigenvalue weighted by Gasteiger charge is 2.32. The van der Waals surface area contributed by atoms with E-state index in [1.807, 2.05) is 13.8 Å². The normalized spacial score (nSPS) is 18.4. The van der Waals surface area contributed by atoms with E-state index in [0.29, 0.717) is 17.9 Å². The average Bonchev–Trinajstić information content (AvgIpc) is 3.03. The molecule has 2 aromatic rings. The Labute approximate surface area is 135 Å². The molecule has 0 unspecified atom stereocenters. The van der Waals surface area contributed by atoms with E-state index in [4.69, 9.17) is 4.52 Å². The summed E-state index contributed by atoms with van der Waals surface area (Å²) in [5, 5.41) is 8.19. The molecule has 0 bridgehead atoms. The van der Waals surface area contributed by atoms with E-state index < -0.39 is 10.0 Å². The zero-order chi connectivity index (χ0) is 16.8. The van der Waals surface area contributed by atoms with Crippen LogP contribution in [0.5, 0.6) is 0 Å². The number of sulfonamides is 1. The Balaban J connectivity index is 1.93. The fraction of sp³-hybridized carbons (Fsp3) is 0.643. The van der Waals surface area contributed by atoms with Crippen LogP contribution in [0.3, 0.4) is 0 Å². The highest BCUT2D eigenvalue weighted by Crippen LogP contribution is 2.28. The van der Waals surface area contributed by atoms with Crippen molar-refractivity contribution in [1.29, 1.82) is 0 Å². The zero-order valence-electron chi connectivity index (χ0n) is 13.7. The monoisotopic (exact) mass is 339 g/mol. The van der Waals surface area contributed by atoms with Crippen molar-refractivity contribution in [2.75, 3.05) is 0 Å². The maximum atomic E-state index is 12.7. The first-order valence-electron chi connectivity index (χ1n) is 7.69. The van der Waals surface area contributed by atoms with Crippen molar-refractivity contribution >= 4 is 10.0 Å². The first kappa shape index (κ1) is 16.1. The van der Waals surface area contributed by atoms with Gasteiger partial charge in [-0.05, 0) is 26.7 Å². The predicted molar refractivity (Wildman–Crippen MR) is 82.4 cm³/mol. The second-order valence-corrected chi connectivity index (χ2v) is 7.83. The largest absolute Gasteiger partial charge is 0.360 e. The lowest BCUT2D eigenvalue weighted by atomic mass is 10.1. The van der Waals surface area contributed by atoms with Gasteiger partial charge in [0.15, 0.2) is 11.6 Å². The van der Waals surface area contributed by atoms with Gasteiger partial charge in [-0.3, -0.25) is 0 Å². The molecule has 0 fully saturated rings. The van der Waals surface area contributed by atoms with E-state index in [9.17, 15) is 8.42 Å². The Morgan fingerprint density at radius 3 is 2.70 bits per heavy atom. The fourth-order valence-electron chi connectivity index (χ4n) is 2.83. The molecule has 126 valence electrons. The molecule has 0 saturated heterocycles. The van der Waals surface area contributed by atoms with E-state index in [1.165, 1.54) is 0 Å². The van der Waals surface area contributed by atoms with Gasteiger partial charge in [0.1, 0.15) is 16.4 Å². The molecule has 0 spiro atoms. The maximum absolute atomic E-state index is 12.7. The average molecular weight is 339 g/mol. The summed E-state index contributed by atoms with van der Waals surface area (Å²) in [6, 6.07) is -0.387. The van der Waals surface area contributed by atoms with Crippen LogP contribution in [0.1, 0.15) is 61.8 Å². The molecule has 0 amide bonds. The second-order valence-electron chi connectivity index (χ2n) is 6.18. The van der Waals surface area contributed by atoms with Gasteiger partial charge >= 0.3 is 0 Å². The Bertz CT molecular complexity index is 802. The second kappa shape index (κ2) is 5.72. The summed E-state index contributed by atoms with van der Waals surface area (Å²) >= 11 is 0. The molecule has 3 heterocycles. The Morgan fingerprint density at radius 2 is 2.09 bits per heavy atom. The molecule has 1 atom stereocenters. The quantitative estimate of drug-likeness (QED) is 0.911. The lowest BCUT2D eigenvalue weighted by Crippen LogP contribution is -2.33. The molecule has 8 nitrogen and oxygen atoms in total. The number of nitrogens with zero attached hydrogens (tertiary/aromatic N) is 4. The maximum Gasteiger partial charge on any atom is 0.246 e. The summed E-state index contributed by atoms with van der Waals surface area (Å²) in [7, 11) is -3.72. The summed E-state index contributed by atoms with van der Waals surface area (Å²) in [5.74, 6) is 1.90. The number of hydrogen-bond acceptors (Lipinski definition) is 6. The minimum absolute atomic E-state index is 0.109. The number of rotatable bonds is 4. The van der Waals surface area contributed by atoms with E-state index in [2.05, 4.69) is 20.0 Å². The molecular formula is C14H21N5O3S. The minimum atomic E-state index is -3.72. The fourth-order valence-corrected chi connectivity index (χ4v) is 4.39. The van der Waals surface area contributed by atoms with Crippen molar-refractivity contribution in [2.45, 2.75) is 63.9 Å². The van der Waals surface area contributed by atoms with Gasteiger partial charge in [0.2, 0.25) is 10.0 Å². The molecule has 1 aliphatic heterocycles. The highest BCUT2D eigenvalue weighted by atomic mass is 32.2. The van der Waals surface area contributed by atoms with E-state index in [1.54, 1.807) is 18.5 Å². The van der Waals surface area contributed by atoms with Crippen molar-refractivity contribution in [3.63, 3.8) is 0 Å². The van der Waals surface area contributed by atoms with Crippen LogP contribution in [0.2, 0.25) is 0 Å². The Hall–Kier alpha value is -1.74. The van der Waals surface area contributed by atoms with Gasteiger partial charge in [-0.25, -0.2) is 22.8 Å². The van der Waals surface area contributed by atoms with Crippen molar-refractivity contribution < 1.29 is 12.9 Å². The van der Waals surface area contributed by atoms with Crippen molar-refractivity contribution in [1.82, 2.24) is 24.6 Å². The van der Waals surface area contributed by atoms with Crippen LogP contribution in [0.4, 0.5) is 0 Å². The van der Waals surface area contributed by atoms with Crippen molar-refractivity contribution in [3.05, 3.63) is 23.1 Å². The summed E-state index contributed by atoms with van der Waals surface area (Å²) < 4.78 is 34.9. The molecule has 0 radical (unpaired) electrons. The van der Waals surface area contributed by atoms with Gasteiger partial charge in [0.05, 0.1) is 6.04 Å². The molecule has 2 aromatic heterocycles. The first-order valence-corrected chi connectivity index (χ1v) is 9.17. The number of aryl methyl sites for hydroxylation is 3. The van der Waals surface area contributed by atoms with Crippen LogP contribution >= 0.6 is 0 Å². The lowest BCUT2D eigenvalue weighted by molar-refractivity contribution is 0.389. The zero-order valence-corrected chi connectivity index (χ0v) is 14.5. The van der Waals surface area contributed by atoms with Crippen LogP contribution in [0.15, 0.2) is 9.42 Å². The van der Waals surface area contributed by atoms with Crippen molar-refractivity contribution in [2.24, 2.45) is 0 Å². The van der Waals surface area contributed by atoms with Crippen LogP contribution in [-0.4, -0.2) is 28.3 Å². The highest BCUT2D eigenvalue weighted by molar-refractivity contribution is 7.89. The standard InChI is InChI=1S/C14H21N5O3S/c1-8(2)13-15-14-11(6-5-7-19(14)16-13)18-23(20,21)12-9(3)17-22-10(12)4/h8,11,18H,5-7H2,1-4H3/t11-/m0/s1. The third-order valence-electron chi connectivity index (χ3n) is 3.94. The van der Waals surface area contributed by atoms with Crippen LogP contribution in [0.25, 0.3) is 0 Å². The van der Waals surface area contributed by atoms with Crippen molar-refractivity contribution in [3.8, 4) is 0 Å². The summed E-state index contributed by atoms with van der Waals surface area (Å²) in [5.41, 5.74) is 0.357. The smallest absolute Gasteiger partial charge is 0.246 e. The lowest BCUT2D eigenvalue weighted by Gasteiger charge is -2.22. The van der Waals surface area contributed by atoms with Gasteiger partial charge in [0.25, 0.3) is 0 Å². The molecule has 1 N–H and O–H groups in total. The molecule has 9 heteroatoms. The topological polar surface area (TPSA) is 103 Å². The molecule has 0 saturated carbocycles. The number of fused-ring (bicyclic) bond motifs is 1. The van der Waals surface area contributed by atoms with Crippen LogP contribution < -0.4 is 4.72 Å². The summed E-state index contributed by atoms with van der Waals surface area (Å²) in [6.07, 6.45) is 1.54. The van der Waals surface area contributed by atoms with Gasteiger partial charge in [0, 0.05) is 12.5 Å². The summed E-state index contributed by atoms with van der Waals surface area (Å²) in [6.45, 7) is 8.01. The van der Waals surface area contributed by atoms with E-state index in [-0.39, 0.29) is 22.6 Å². The van der Waals surface area contributed by atoms with Gasteiger partial charge in [-0.1, -0.05) is 19.0 Å². The Kier molecular flexibility index (Phi) is 4.01. The molecule has 3 rings (SSSR count). The molecule has 0 aromatic carbocycles. The van der Waals surface area contributed by atoms with Crippen LogP contribution in [0, 0.1) is 13.8 Å². The molecular weight excluding hydrogens is 318 g/mol. The van der Waals surface area contributed by atoms with E-state index >= 15 is 0 Å². The molecule has 1 aliphatic rings. The molecule has 23 heavy (non-hydrogen) atoms. The number of aromatic nitrogens is 4. The third-order valence-corrected chi connectivity index (χ3v) is 5.66. The minimum Gasteiger partial charge on any atom is -0.360 e. The predicted octanol–water partition coefficient (Wildman–Crippen LogP) is 1.82. The van der Waals surface area contributed by atoms with Gasteiger partial charge in [-0.2, -0.15) is 5.10 Å². The van der Waals surface area contributed by atoms with Gasteiger partial charge in [-0.15, -0.1) is 0 Å². The Morgan fingerprint density at radius 1 is 1.35 bits per heavy atom. The van der Waals surface area contributed by atoms with Crippen LogP contribution in [-0.2, 0) is 16.6 Å². The van der Waals surface area contributed by atoms with E-state index in [0.717, 1.165) is 18.8 Å². The third kappa shape index (κ3) is 2.90. The number of hydrogen-bond donors (Lipinski definition) is 1. The van der Waals surface area contributed by atoms with Gasteiger partial charge < -0.3 is 4.52 Å². The summed E-state index contributed by atoms with van der Waals surface area (Å²) in [4.78, 5) is 4.64. The first-order chi connectivity index (χ1) is 10.8. The molecule has 0 aliphatic carbocycles. The SMILES string of the molecule is Cc1noc(C)c1S(=O)(=O)N[C@H]1CCCn2nc(C(C)C)nc21.